The normalized spacial score (nSPS) is 12.7. The van der Waals surface area contributed by atoms with Crippen molar-refractivity contribution in [1.82, 2.24) is 0 Å². The number of aryl methyl sites for hydroxylation is 1. The van der Waals surface area contributed by atoms with Crippen LogP contribution < -0.4 is 0 Å². The summed E-state index contributed by atoms with van der Waals surface area (Å²) in [7, 11) is 0. The van der Waals surface area contributed by atoms with E-state index in [-0.39, 0.29) is 12.2 Å². The Morgan fingerprint density at radius 3 is 2.82 bits per heavy atom. The van der Waals surface area contributed by atoms with Crippen LogP contribution in [0.2, 0.25) is 0 Å². The van der Waals surface area contributed by atoms with Crippen molar-refractivity contribution in [1.29, 1.82) is 0 Å². The molecule has 0 bridgehead atoms. The van der Waals surface area contributed by atoms with Crippen LogP contribution in [0.4, 0.5) is 4.39 Å². The summed E-state index contributed by atoms with van der Waals surface area (Å²) in [6, 6.07) is 6.40. The standard InChI is InChI=1S/C13H12BrFO2/c1-8-11(4-5-17-8)13(16)7-9-6-10(14)2-3-12(9)15/h2-6,13,16H,7H2,1H3. The zero-order valence-electron chi connectivity index (χ0n) is 9.28. The van der Waals surface area contributed by atoms with E-state index in [4.69, 9.17) is 4.42 Å². The van der Waals surface area contributed by atoms with E-state index in [0.717, 1.165) is 4.47 Å². The largest absolute Gasteiger partial charge is 0.469 e. The average molecular weight is 299 g/mol. The van der Waals surface area contributed by atoms with Crippen LogP contribution in [-0.4, -0.2) is 5.11 Å². The van der Waals surface area contributed by atoms with Gasteiger partial charge in [0.1, 0.15) is 11.6 Å². The number of aliphatic hydroxyl groups excluding tert-OH is 1. The molecule has 0 saturated carbocycles. The summed E-state index contributed by atoms with van der Waals surface area (Å²) >= 11 is 3.28. The predicted octanol–water partition coefficient (Wildman–Crippen LogP) is 3.77. The van der Waals surface area contributed by atoms with Crippen molar-refractivity contribution in [2.24, 2.45) is 0 Å². The first kappa shape index (κ1) is 12.3. The minimum Gasteiger partial charge on any atom is -0.469 e. The van der Waals surface area contributed by atoms with Crippen molar-refractivity contribution in [3.8, 4) is 0 Å². The quantitative estimate of drug-likeness (QED) is 0.936. The monoisotopic (exact) mass is 298 g/mol. The first-order valence-electron chi connectivity index (χ1n) is 5.24. The average Bonchev–Trinajstić information content (AvgIpc) is 2.70. The van der Waals surface area contributed by atoms with Crippen molar-refractivity contribution in [3.05, 3.63) is 57.7 Å². The van der Waals surface area contributed by atoms with Crippen LogP contribution in [0.25, 0.3) is 0 Å². The maximum Gasteiger partial charge on any atom is 0.126 e. The first-order chi connectivity index (χ1) is 8.08. The van der Waals surface area contributed by atoms with Crippen LogP contribution in [0.5, 0.6) is 0 Å². The number of halogens is 2. The van der Waals surface area contributed by atoms with Gasteiger partial charge in [0.15, 0.2) is 0 Å². The number of hydrogen-bond acceptors (Lipinski definition) is 2. The van der Waals surface area contributed by atoms with Gasteiger partial charge >= 0.3 is 0 Å². The fraction of sp³-hybridized carbons (Fsp3) is 0.231. The number of rotatable bonds is 3. The second kappa shape index (κ2) is 5.02. The molecule has 1 atom stereocenters. The second-order valence-corrected chi connectivity index (χ2v) is 4.80. The third-order valence-electron chi connectivity index (χ3n) is 2.68. The second-order valence-electron chi connectivity index (χ2n) is 3.89. The highest BCUT2D eigenvalue weighted by Gasteiger charge is 2.15. The number of hydrogen-bond donors (Lipinski definition) is 1. The number of benzene rings is 1. The molecule has 0 aliphatic rings. The Bertz CT molecular complexity index is 522. The smallest absolute Gasteiger partial charge is 0.126 e. The Morgan fingerprint density at radius 1 is 1.41 bits per heavy atom. The summed E-state index contributed by atoms with van der Waals surface area (Å²) in [5, 5.41) is 10.0. The summed E-state index contributed by atoms with van der Waals surface area (Å²) in [5.41, 5.74) is 1.18. The third-order valence-corrected chi connectivity index (χ3v) is 3.17. The van der Waals surface area contributed by atoms with Crippen LogP contribution in [0.3, 0.4) is 0 Å². The van der Waals surface area contributed by atoms with Gasteiger partial charge in [0, 0.05) is 16.5 Å². The van der Waals surface area contributed by atoms with Crippen LogP contribution in [0.15, 0.2) is 39.4 Å². The molecule has 0 saturated heterocycles. The zero-order chi connectivity index (χ0) is 12.4. The minimum absolute atomic E-state index is 0.228. The lowest BCUT2D eigenvalue weighted by Gasteiger charge is -2.10. The Morgan fingerprint density at radius 2 is 2.18 bits per heavy atom. The van der Waals surface area contributed by atoms with Crippen molar-refractivity contribution in [3.63, 3.8) is 0 Å². The molecule has 90 valence electrons. The molecular formula is C13H12BrFO2. The van der Waals surface area contributed by atoms with Crippen molar-refractivity contribution < 1.29 is 13.9 Å². The van der Waals surface area contributed by atoms with Crippen LogP contribution in [-0.2, 0) is 6.42 Å². The fourth-order valence-electron chi connectivity index (χ4n) is 1.76. The van der Waals surface area contributed by atoms with Crippen LogP contribution in [0, 0.1) is 12.7 Å². The molecule has 0 aliphatic carbocycles. The Balaban J connectivity index is 2.21. The van der Waals surface area contributed by atoms with E-state index >= 15 is 0 Å². The fourth-order valence-corrected chi connectivity index (χ4v) is 2.17. The molecule has 1 heterocycles. The SMILES string of the molecule is Cc1occc1C(O)Cc1cc(Br)ccc1F. The molecule has 1 unspecified atom stereocenters. The Kier molecular flexibility index (Phi) is 3.64. The van der Waals surface area contributed by atoms with Gasteiger partial charge in [-0.15, -0.1) is 0 Å². The van der Waals surface area contributed by atoms with Gasteiger partial charge in [-0.3, -0.25) is 0 Å². The van der Waals surface area contributed by atoms with Gasteiger partial charge in [-0.2, -0.15) is 0 Å². The summed E-state index contributed by atoms with van der Waals surface area (Å²) in [4.78, 5) is 0. The van der Waals surface area contributed by atoms with Gasteiger partial charge in [-0.1, -0.05) is 15.9 Å². The molecule has 2 rings (SSSR count). The lowest BCUT2D eigenvalue weighted by atomic mass is 10.0. The molecule has 2 nitrogen and oxygen atoms in total. The molecule has 0 radical (unpaired) electrons. The third kappa shape index (κ3) is 2.76. The zero-order valence-corrected chi connectivity index (χ0v) is 10.9. The molecule has 0 amide bonds. The van der Waals surface area contributed by atoms with Crippen molar-refractivity contribution in [2.75, 3.05) is 0 Å². The van der Waals surface area contributed by atoms with E-state index in [1.165, 1.54) is 12.3 Å². The molecule has 0 fully saturated rings. The summed E-state index contributed by atoms with van der Waals surface area (Å²) in [6.45, 7) is 1.77. The summed E-state index contributed by atoms with van der Waals surface area (Å²) in [5.74, 6) is 0.348. The van der Waals surface area contributed by atoms with Crippen molar-refractivity contribution >= 4 is 15.9 Å². The molecule has 17 heavy (non-hydrogen) atoms. The first-order valence-corrected chi connectivity index (χ1v) is 6.03. The molecule has 2 aromatic rings. The topological polar surface area (TPSA) is 33.4 Å². The van der Waals surface area contributed by atoms with Gasteiger partial charge in [-0.05, 0) is 36.8 Å². The maximum absolute atomic E-state index is 13.5. The molecule has 0 spiro atoms. The van der Waals surface area contributed by atoms with Gasteiger partial charge in [0.05, 0.1) is 12.4 Å². The van der Waals surface area contributed by atoms with E-state index in [9.17, 15) is 9.50 Å². The highest BCUT2D eigenvalue weighted by molar-refractivity contribution is 9.10. The lowest BCUT2D eigenvalue weighted by molar-refractivity contribution is 0.175. The van der Waals surface area contributed by atoms with E-state index in [2.05, 4.69) is 15.9 Å². The summed E-state index contributed by atoms with van der Waals surface area (Å²) in [6.07, 6.45) is 0.995. The van der Waals surface area contributed by atoms with Gasteiger partial charge < -0.3 is 9.52 Å². The molecule has 1 N–H and O–H groups in total. The minimum atomic E-state index is -0.752. The highest BCUT2D eigenvalue weighted by atomic mass is 79.9. The van der Waals surface area contributed by atoms with E-state index in [1.54, 1.807) is 25.1 Å². The Labute approximate surface area is 107 Å². The highest BCUT2D eigenvalue weighted by Crippen LogP contribution is 2.25. The lowest BCUT2D eigenvalue weighted by Crippen LogP contribution is -2.03. The molecule has 1 aromatic heterocycles. The number of aliphatic hydroxyl groups is 1. The molecular weight excluding hydrogens is 287 g/mol. The molecule has 1 aromatic carbocycles. The van der Waals surface area contributed by atoms with E-state index in [0.29, 0.717) is 16.9 Å². The molecule has 0 aliphatic heterocycles. The number of furan rings is 1. The summed E-state index contributed by atoms with van der Waals surface area (Å²) < 4.78 is 19.4. The van der Waals surface area contributed by atoms with Crippen molar-refractivity contribution in [2.45, 2.75) is 19.4 Å². The van der Waals surface area contributed by atoms with Crippen LogP contribution >= 0.6 is 15.9 Å². The molecule has 4 heteroatoms. The van der Waals surface area contributed by atoms with Gasteiger partial charge in [-0.25, -0.2) is 4.39 Å². The Hall–Kier alpha value is -1.13. The van der Waals surface area contributed by atoms with E-state index in [1.807, 2.05) is 0 Å². The van der Waals surface area contributed by atoms with Crippen LogP contribution in [0.1, 0.15) is 23.0 Å². The predicted molar refractivity (Wildman–Crippen MR) is 66.2 cm³/mol. The maximum atomic E-state index is 13.5. The van der Waals surface area contributed by atoms with Gasteiger partial charge in [0.2, 0.25) is 0 Å². The van der Waals surface area contributed by atoms with Gasteiger partial charge in [0.25, 0.3) is 0 Å². The van der Waals surface area contributed by atoms with E-state index < -0.39 is 6.10 Å².